The molecule has 1 spiro atoms. The molecule has 16 heavy (non-hydrogen) atoms. The van der Waals surface area contributed by atoms with Crippen LogP contribution in [0.4, 0.5) is 0 Å². The lowest BCUT2D eigenvalue weighted by Crippen LogP contribution is -2.51. The molecule has 0 aliphatic heterocycles. The Bertz CT molecular complexity index is 356. The fourth-order valence-electron chi connectivity index (χ4n) is 5.73. The largest absolute Gasteiger partial charge is 0.298 e. The van der Waals surface area contributed by atoms with Gasteiger partial charge in [-0.1, -0.05) is 27.7 Å². The minimum absolute atomic E-state index is 0.0125. The molecule has 2 bridgehead atoms. The van der Waals surface area contributed by atoms with Gasteiger partial charge in [-0.3, -0.25) is 4.79 Å². The Balaban J connectivity index is 2.16. The van der Waals surface area contributed by atoms with E-state index in [1.807, 2.05) is 0 Å². The molecule has 1 nitrogen and oxygen atoms in total. The number of fused-ring (bicyclic) bond motifs is 1. The number of rotatable bonds is 0. The maximum Gasteiger partial charge on any atom is 0.145 e. The molecule has 0 amide bonds. The Morgan fingerprint density at radius 3 is 2.50 bits per heavy atom. The Kier molecular flexibility index (Phi) is 1.85. The third-order valence-electron chi connectivity index (χ3n) is 6.24. The van der Waals surface area contributed by atoms with Crippen molar-refractivity contribution in [2.75, 3.05) is 0 Å². The molecule has 3 aliphatic carbocycles. The molecule has 90 valence electrons. The summed E-state index contributed by atoms with van der Waals surface area (Å²) in [6.45, 7) is 9.36. The molecule has 0 saturated heterocycles. The van der Waals surface area contributed by atoms with Crippen LogP contribution in [0.1, 0.15) is 59.8 Å². The zero-order valence-corrected chi connectivity index (χ0v) is 11.1. The first-order valence-electron chi connectivity index (χ1n) is 6.88. The number of carbonyl (C=O) groups excluding carboxylic acids is 1. The maximum atomic E-state index is 12.8. The molecule has 1 heteroatoms. The summed E-state index contributed by atoms with van der Waals surface area (Å²) in [4.78, 5) is 12.8. The van der Waals surface area contributed by atoms with Crippen LogP contribution in [0.2, 0.25) is 0 Å². The average Bonchev–Trinajstić information content (AvgIpc) is 2.59. The van der Waals surface area contributed by atoms with Crippen molar-refractivity contribution in [2.45, 2.75) is 59.8 Å². The van der Waals surface area contributed by atoms with E-state index in [1.165, 1.54) is 19.3 Å². The summed E-state index contributed by atoms with van der Waals surface area (Å²) in [7, 11) is 0. The predicted molar refractivity (Wildman–Crippen MR) is 65.1 cm³/mol. The molecular formula is C15H24O. The highest BCUT2D eigenvalue weighted by Gasteiger charge is 2.69. The lowest BCUT2D eigenvalue weighted by molar-refractivity contribution is -0.149. The molecule has 3 rings (SSSR count). The fraction of sp³-hybridized carbons (Fsp3) is 0.933. The van der Waals surface area contributed by atoms with E-state index in [9.17, 15) is 4.79 Å². The van der Waals surface area contributed by atoms with Crippen LogP contribution < -0.4 is 0 Å². The van der Waals surface area contributed by atoms with Crippen LogP contribution >= 0.6 is 0 Å². The number of Topliss-reactive ketones (excluding diaryl/α,β-unsaturated/α-hetero) is 1. The van der Waals surface area contributed by atoms with Crippen molar-refractivity contribution >= 4 is 5.78 Å². The van der Waals surface area contributed by atoms with Gasteiger partial charge in [-0.2, -0.15) is 0 Å². The summed E-state index contributed by atoms with van der Waals surface area (Å²) in [5.74, 6) is 1.93. The van der Waals surface area contributed by atoms with Gasteiger partial charge in [0, 0.05) is 10.8 Å². The predicted octanol–water partition coefficient (Wildman–Crippen LogP) is 3.82. The minimum Gasteiger partial charge on any atom is -0.298 e. The van der Waals surface area contributed by atoms with Crippen LogP contribution in [-0.4, -0.2) is 5.78 Å². The van der Waals surface area contributed by atoms with Crippen LogP contribution in [0, 0.1) is 28.1 Å². The number of hydrogen-bond acceptors (Lipinski definition) is 1. The molecule has 3 fully saturated rings. The van der Waals surface area contributed by atoms with Gasteiger partial charge in [-0.05, 0) is 49.4 Å². The van der Waals surface area contributed by atoms with E-state index in [2.05, 4.69) is 27.7 Å². The van der Waals surface area contributed by atoms with Crippen molar-refractivity contribution in [1.82, 2.24) is 0 Å². The fourth-order valence-corrected chi connectivity index (χ4v) is 5.73. The molecule has 0 radical (unpaired) electrons. The van der Waals surface area contributed by atoms with Crippen molar-refractivity contribution in [3.05, 3.63) is 0 Å². The Labute approximate surface area is 99.0 Å². The van der Waals surface area contributed by atoms with Crippen LogP contribution in [0.5, 0.6) is 0 Å². The van der Waals surface area contributed by atoms with E-state index < -0.39 is 0 Å². The highest BCUT2D eigenvalue weighted by Crippen LogP contribution is 2.70. The summed E-state index contributed by atoms with van der Waals surface area (Å²) >= 11 is 0. The summed E-state index contributed by atoms with van der Waals surface area (Å²) in [6, 6.07) is 0. The van der Waals surface area contributed by atoms with Crippen molar-refractivity contribution in [2.24, 2.45) is 28.1 Å². The monoisotopic (exact) mass is 220 g/mol. The highest BCUT2D eigenvalue weighted by molar-refractivity contribution is 5.94. The van der Waals surface area contributed by atoms with Crippen LogP contribution in [-0.2, 0) is 4.79 Å². The second-order valence-electron chi connectivity index (χ2n) is 7.63. The zero-order valence-electron chi connectivity index (χ0n) is 11.1. The Morgan fingerprint density at radius 1 is 1.12 bits per heavy atom. The molecule has 0 aromatic carbocycles. The molecule has 3 aliphatic rings. The van der Waals surface area contributed by atoms with Crippen molar-refractivity contribution in [3.63, 3.8) is 0 Å². The van der Waals surface area contributed by atoms with Gasteiger partial charge in [0.2, 0.25) is 0 Å². The number of carbonyl (C=O) groups is 1. The molecule has 3 saturated carbocycles. The first-order valence-corrected chi connectivity index (χ1v) is 6.88. The van der Waals surface area contributed by atoms with Crippen molar-refractivity contribution < 1.29 is 4.79 Å². The van der Waals surface area contributed by atoms with Gasteiger partial charge in [0.05, 0.1) is 0 Å². The third-order valence-corrected chi connectivity index (χ3v) is 6.24. The van der Waals surface area contributed by atoms with Gasteiger partial charge in [0.1, 0.15) is 5.78 Å². The summed E-state index contributed by atoms with van der Waals surface area (Å²) in [5, 5.41) is 0. The van der Waals surface area contributed by atoms with Gasteiger partial charge in [0.15, 0.2) is 0 Å². The van der Waals surface area contributed by atoms with E-state index in [-0.39, 0.29) is 10.8 Å². The van der Waals surface area contributed by atoms with E-state index in [0.29, 0.717) is 23.0 Å². The van der Waals surface area contributed by atoms with E-state index in [4.69, 9.17) is 0 Å². The lowest BCUT2D eigenvalue weighted by Gasteiger charge is -2.50. The lowest BCUT2D eigenvalue weighted by atomic mass is 9.52. The summed E-state index contributed by atoms with van der Waals surface area (Å²) < 4.78 is 0. The quantitative estimate of drug-likeness (QED) is 0.606. The van der Waals surface area contributed by atoms with E-state index in [0.717, 1.165) is 12.8 Å². The Hall–Kier alpha value is -0.330. The second-order valence-corrected chi connectivity index (χ2v) is 7.63. The summed E-state index contributed by atoms with van der Waals surface area (Å²) in [6.07, 6.45) is 6.01. The average molecular weight is 220 g/mol. The molecule has 0 heterocycles. The Morgan fingerprint density at radius 2 is 1.81 bits per heavy atom. The van der Waals surface area contributed by atoms with Crippen LogP contribution in [0.15, 0.2) is 0 Å². The third kappa shape index (κ3) is 0.966. The topological polar surface area (TPSA) is 17.1 Å². The summed E-state index contributed by atoms with van der Waals surface area (Å²) in [5.41, 5.74) is 0.471. The first kappa shape index (κ1) is 10.8. The van der Waals surface area contributed by atoms with Gasteiger partial charge in [0.25, 0.3) is 0 Å². The molecule has 0 N–H and O–H groups in total. The smallest absolute Gasteiger partial charge is 0.145 e. The number of hydrogen-bond donors (Lipinski definition) is 0. The molecular weight excluding hydrogens is 196 g/mol. The SMILES string of the molecule is C[C@@H]1CCC2C(C)(C)C[C@]3(C)CC[C@@]21C3=O. The zero-order chi connectivity index (χ0) is 11.8. The van der Waals surface area contributed by atoms with Crippen LogP contribution in [0.3, 0.4) is 0 Å². The van der Waals surface area contributed by atoms with E-state index >= 15 is 0 Å². The standard InChI is InChI=1S/C15H24O/c1-10-5-6-11-13(2,3)9-14(4)7-8-15(10,11)12(14)16/h10-11H,5-9H2,1-4H3/t10-,11?,14+,15+/m1/s1. The minimum atomic E-state index is 0.0125. The van der Waals surface area contributed by atoms with Gasteiger partial charge < -0.3 is 0 Å². The van der Waals surface area contributed by atoms with Crippen LogP contribution in [0.25, 0.3) is 0 Å². The van der Waals surface area contributed by atoms with Gasteiger partial charge in [-0.25, -0.2) is 0 Å². The second kappa shape index (κ2) is 2.73. The van der Waals surface area contributed by atoms with Gasteiger partial charge >= 0.3 is 0 Å². The maximum absolute atomic E-state index is 12.8. The van der Waals surface area contributed by atoms with Crippen molar-refractivity contribution in [1.29, 1.82) is 0 Å². The van der Waals surface area contributed by atoms with Crippen molar-refractivity contribution in [3.8, 4) is 0 Å². The van der Waals surface area contributed by atoms with Gasteiger partial charge in [-0.15, -0.1) is 0 Å². The highest BCUT2D eigenvalue weighted by atomic mass is 16.1. The number of ketones is 1. The molecule has 1 unspecified atom stereocenters. The van der Waals surface area contributed by atoms with E-state index in [1.54, 1.807) is 0 Å². The first-order chi connectivity index (χ1) is 7.33. The molecule has 4 atom stereocenters. The molecule has 0 aromatic heterocycles. The molecule has 0 aromatic rings. The normalized spacial score (nSPS) is 54.1.